The fourth-order valence-electron chi connectivity index (χ4n) is 2.67. The lowest BCUT2D eigenvalue weighted by Gasteiger charge is -2.23. The Balaban J connectivity index is 2.00. The number of rotatable bonds is 4. The number of nitrogens with zero attached hydrogens (tertiary/aromatic N) is 2. The van der Waals surface area contributed by atoms with E-state index < -0.39 is 14.9 Å². The monoisotopic (exact) mass is 442 g/mol. The predicted molar refractivity (Wildman–Crippen MR) is 101 cm³/mol. The van der Waals surface area contributed by atoms with E-state index in [-0.39, 0.29) is 16.0 Å². The number of hydrogen-bond acceptors (Lipinski definition) is 5. The maximum Gasteiger partial charge on any atom is 0.273 e. The van der Waals surface area contributed by atoms with Gasteiger partial charge in [0.05, 0.1) is 15.2 Å². The van der Waals surface area contributed by atoms with Crippen LogP contribution in [0.3, 0.4) is 0 Å². The fraction of sp³-hybridized carbons (Fsp3) is 0.250. The second kappa shape index (κ2) is 7.06. The van der Waals surface area contributed by atoms with Gasteiger partial charge in [0.2, 0.25) is 10.0 Å². The van der Waals surface area contributed by atoms with Crippen LogP contribution in [0.15, 0.2) is 51.8 Å². The average molecular weight is 443 g/mol. The Morgan fingerprint density at radius 3 is 2.56 bits per heavy atom. The number of nitro groups is 1. The third kappa shape index (κ3) is 3.59. The molecule has 0 aromatic heterocycles. The molecular weight excluding hydrogens is 428 g/mol. The van der Waals surface area contributed by atoms with Crippen LogP contribution < -0.4 is 0 Å². The van der Waals surface area contributed by atoms with Crippen LogP contribution >= 0.6 is 27.7 Å². The van der Waals surface area contributed by atoms with Crippen molar-refractivity contribution in [3.63, 3.8) is 0 Å². The molecule has 0 saturated carbocycles. The van der Waals surface area contributed by atoms with Crippen molar-refractivity contribution in [2.75, 3.05) is 12.3 Å². The first-order chi connectivity index (χ1) is 11.8. The van der Waals surface area contributed by atoms with Crippen LogP contribution in [0.1, 0.15) is 16.5 Å². The van der Waals surface area contributed by atoms with Gasteiger partial charge in [-0.1, -0.05) is 34.1 Å². The highest BCUT2D eigenvalue weighted by molar-refractivity contribution is 9.10. The van der Waals surface area contributed by atoms with Crippen molar-refractivity contribution in [2.45, 2.75) is 17.2 Å². The van der Waals surface area contributed by atoms with Crippen molar-refractivity contribution >= 4 is 43.4 Å². The minimum absolute atomic E-state index is 0.0468. The Bertz CT molecular complexity index is 916. The van der Waals surface area contributed by atoms with E-state index in [4.69, 9.17) is 0 Å². The van der Waals surface area contributed by atoms with Gasteiger partial charge in [0, 0.05) is 28.4 Å². The van der Waals surface area contributed by atoms with Gasteiger partial charge in [0.25, 0.3) is 5.69 Å². The largest absolute Gasteiger partial charge is 0.273 e. The molecule has 1 saturated heterocycles. The maximum atomic E-state index is 13.1. The lowest BCUT2D eigenvalue weighted by atomic mass is 10.2. The van der Waals surface area contributed by atoms with E-state index in [1.807, 2.05) is 24.3 Å². The zero-order chi connectivity index (χ0) is 18.2. The van der Waals surface area contributed by atoms with Gasteiger partial charge < -0.3 is 0 Å². The number of hydrogen-bond donors (Lipinski definition) is 0. The molecule has 1 aliphatic heterocycles. The molecule has 1 atom stereocenters. The molecule has 2 aromatic carbocycles. The van der Waals surface area contributed by atoms with Crippen molar-refractivity contribution < 1.29 is 13.3 Å². The first kappa shape index (κ1) is 18.4. The van der Waals surface area contributed by atoms with Gasteiger partial charge in [0.15, 0.2) is 0 Å². The molecule has 3 rings (SSSR count). The summed E-state index contributed by atoms with van der Waals surface area (Å²) < 4.78 is 28.4. The van der Waals surface area contributed by atoms with Crippen LogP contribution in [0.5, 0.6) is 0 Å². The van der Waals surface area contributed by atoms with Gasteiger partial charge in [-0.05, 0) is 30.7 Å². The molecular formula is C16H15BrN2O4S2. The third-order valence-electron chi connectivity index (χ3n) is 3.99. The zero-order valence-electron chi connectivity index (χ0n) is 13.3. The molecule has 1 fully saturated rings. The van der Waals surface area contributed by atoms with Crippen molar-refractivity contribution in [2.24, 2.45) is 0 Å². The number of thioether (sulfide) groups is 1. The molecule has 0 N–H and O–H groups in total. The number of nitro benzene ring substituents is 1. The average Bonchev–Trinajstić information content (AvgIpc) is 3.06. The third-order valence-corrected chi connectivity index (χ3v) is 7.77. The molecule has 0 radical (unpaired) electrons. The summed E-state index contributed by atoms with van der Waals surface area (Å²) in [6.45, 7) is 1.96. The molecule has 1 aliphatic rings. The molecule has 1 heterocycles. The summed E-state index contributed by atoms with van der Waals surface area (Å²) >= 11 is 4.91. The van der Waals surface area contributed by atoms with Crippen LogP contribution in [0, 0.1) is 17.0 Å². The van der Waals surface area contributed by atoms with Crippen molar-refractivity contribution in [3.05, 3.63) is 68.2 Å². The molecule has 0 bridgehead atoms. The van der Waals surface area contributed by atoms with E-state index >= 15 is 0 Å². The molecule has 0 spiro atoms. The molecule has 0 unspecified atom stereocenters. The molecule has 25 heavy (non-hydrogen) atoms. The number of sulfonamides is 1. The van der Waals surface area contributed by atoms with Gasteiger partial charge in [-0.2, -0.15) is 4.31 Å². The molecule has 2 aromatic rings. The first-order valence-corrected chi connectivity index (χ1v) is 10.7. The normalized spacial score (nSPS) is 18.4. The van der Waals surface area contributed by atoms with E-state index in [1.165, 1.54) is 16.4 Å². The Morgan fingerprint density at radius 1 is 1.24 bits per heavy atom. The lowest BCUT2D eigenvalue weighted by Crippen LogP contribution is -2.30. The molecule has 0 aliphatic carbocycles. The van der Waals surface area contributed by atoms with Crippen LogP contribution in [-0.2, 0) is 10.0 Å². The summed E-state index contributed by atoms with van der Waals surface area (Å²) in [5, 5.41) is 10.8. The summed E-state index contributed by atoms with van der Waals surface area (Å²) in [5.74, 6) is 0.675. The summed E-state index contributed by atoms with van der Waals surface area (Å²) in [6.07, 6.45) is 0. The lowest BCUT2D eigenvalue weighted by molar-refractivity contribution is -0.385. The summed E-state index contributed by atoms with van der Waals surface area (Å²) in [7, 11) is -3.82. The second-order valence-corrected chi connectivity index (χ2v) is 9.59. The maximum absolute atomic E-state index is 13.1. The van der Waals surface area contributed by atoms with Gasteiger partial charge in [-0.15, -0.1) is 11.8 Å². The van der Waals surface area contributed by atoms with E-state index in [0.29, 0.717) is 17.9 Å². The van der Waals surface area contributed by atoms with Gasteiger partial charge in [-0.25, -0.2) is 8.42 Å². The molecule has 9 heteroatoms. The Hall–Kier alpha value is -1.42. The summed E-state index contributed by atoms with van der Waals surface area (Å²) in [6, 6.07) is 11.6. The fourth-order valence-corrected chi connectivity index (χ4v) is 6.20. The second-order valence-electron chi connectivity index (χ2n) is 5.60. The minimum Gasteiger partial charge on any atom is -0.258 e. The molecule has 132 valence electrons. The Morgan fingerprint density at radius 2 is 1.92 bits per heavy atom. The van der Waals surface area contributed by atoms with Crippen LogP contribution in [-0.4, -0.2) is 29.9 Å². The highest BCUT2D eigenvalue weighted by Gasteiger charge is 2.37. The molecule has 6 nitrogen and oxygen atoms in total. The van der Waals surface area contributed by atoms with Gasteiger partial charge in [0.1, 0.15) is 0 Å². The SMILES string of the molecule is Cc1ccc(S(=O)(=O)N2CCS[C@H]2c2ccc(Br)cc2)cc1[N+](=O)[O-]. The summed E-state index contributed by atoms with van der Waals surface area (Å²) in [5.41, 5.74) is 1.13. The Kier molecular flexibility index (Phi) is 5.19. The van der Waals surface area contributed by atoms with Gasteiger partial charge in [-0.3, -0.25) is 10.1 Å². The first-order valence-electron chi connectivity index (χ1n) is 7.44. The smallest absolute Gasteiger partial charge is 0.258 e. The number of aryl methyl sites for hydroxylation is 1. The number of halogens is 1. The van der Waals surface area contributed by atoms with E-state index in [1.54, 1.807) is 18.7 Å². The standard InChI is InChI=1S/C16H15BrN2O4S2/c1-11-2-7-14(10-15(11)19(20)21)25(22,23)18-8-9-24-16(18)12-3-5-13(17)6-4-12/h2-7,10,16H,8-9H2,1H3/t16-/m0/s1. The Labute approximate surface area is 158 Å². The quantitative estimate of drug-likeness (QED) is 0.525. The van der Waals surface area contributed by atoms with Crippen LogP contribution in [0.4, 0.5) is 5.69 Å². The zero-order valence-corrected chi connectivity index (χ0v) is 16.5. The topological polar surface area (TPSA) is 80.5 Å². The highest BCUT2D eigenvalue weighted by Crippen LogP contribution is 2.42. The molecule has 0 amide bonds. The van der Waals surface area contributed by atoms with E-state index in [0.717, 1.165) is 16.1 Å². The highest BCUT2D eigenvalue weighted by atomic mass is 79.9. The predicted octanol–water partition coefficient (Wildman–Crippen LogP) is 4.10. The van der Waals surface area contributed by atoms with Gasteiger partial charge >= 0.3 is 0 Å². The summed E-state index contributed by atoms with van der Waals surface area (Å²) in [4.78, 5) is 10.5. The number of benzene rings is 2. The minimum atomic E-state index is -3.82. The van der Waals surface area contributed by atoms with Crippen molar-refractivity contribution in [1.82, 2.24) is 4.31 Å². The van der Waals surface area contributed by atoms with E-state index in [9.17, 15) is 18.5 Å². The van der Waals surface area contributed by atoms with Crippen LogP contribution in [0.25, 0.3) is 0 Å². The van der Waals surface area contributed by atoms with Crippen LogP contribution in [0.2, 0.25) is 0 Å². The van der Waals surface area contributed by atoms with Crippen molar-refractivity contribution in [1.29, 1.82) is 0 Å². The van der Waals surface area contributed by atoms with Crippen molar-refractivity contribution in [3.8, 4) is 0 Å². The van der Waals surface area contributed by atoms with E-state index in [2.05, 4.69) is 15.9 Å².